The second-order valence-electron chi connectivity index (χ2n) is 6.54. The molecule has 0 atom stereocenters. The van der Waals surface area contributed by atoms with Crippen molar-refractivity contribution in [2.45, 2.75) is 27.7 Å². The fraction of sp³-hybridized carbons (Fsp3) is 0.316. The van der Waals surface area contributed by atoms with E-state index in [4.69, 9.17) is 16.3 Å². The van der Waals surface area contributed by atoms with Crippen molar-refractivity contribution in [1.29, 1.82) is 0 Å². The number of carbonyl (C=O) groups excluding carboxylic acids is 1. The molecule has 0 saturated heterocycles. The highest BCUT2D eigenvalue weighted by Crippen LogP contribution is 2.35. The number of carbonyl (C=O) groups is 1. The first-order valence-corrected chi connectivity index (χ1v) is 9.50. The van der Waals surface area contributed by atoms with Gasteiger partial charge in [-0.1, -0.05) is 31.5 Å². The van der Waals surface area contributed by atoms with E-state index >= 15 is 0 Å². The van der Waals surface area contributed by atoms with Gasteiger partial charge in [0.1, 0.15) is 21.9 Å². The van der Waals surface area contributed by atoms with Gasteiger partial charge in [0.25, 0.3) is 0 Å². The summed E-state index contributed by atoms with van der Waals surface area (Å²) < 4.78 is 5.38. The Morgan fingerprint density at radius 3 is 2.81 bits per heavy atom. The van der Waals surface area contributed by atoms with Gasteiger partial charge in [-0.2, -0.15) is 0 Å². The molecule has 3 aromatic rings. The van der Waals surface area contributed by atoms with Gasteiger partial charge in [0, 0.05) is 10.7 Å². The number of anilines is 2. The van der Waals surface area contributed by atoms with Gasteiger partial charge in [-0.3, -0.25) is 0 Å². The van der Waals surface area contributed by atoms with Crippen LogP contribution in [0.3, 0.4) is 0 Å². The Morgan fingerprint density at radius 1 is 1.31 bits per heavy atom. The first kappa shape index (κ1) is 18.6. The molecule has 3 rings (SSSR count). The number of fused-ring (bicyclic) bond motifs is 1. The molecule has 0 bridgehead atoms. The third-order valence-electron chi connectivity index (χ3n) is 3.91. The zero-order valence-electron chi connectivity index (χ0n) is 15.1. The van der Waals surface area contributed by atoms with Gasteiger partial charge < -0.3 is 10.1 Å². The van der Waals surface area contributed by atoms with Crippen molar-refractivity contribution in [3.05, 3.63) is 45.6 Å². The Labute approximate surface area is 161 Å². The molecule has 7 heteroatoms. The number of ether oxygens (including phenoxy) is 1. The van der Waals surface area contributed by atoms with Gasteiger partial charge in [-0.25, -0.2) is 14.8 Å². The van der Waals surface area contributed by atoms with Crippen molar-refractivity contribution in [3.63, 3.8) is 0 Å². The van der Waals surface area contributed by atoms with E-state index in [0.29, 0.717) is 22.3 Å². The number of rotatable bonds is 5. The summed E-state index contributed by atoms with van der Waals surface area (Å²) in [5, 5.41) is 4.79. The van der Waals surface area contributed by atoms with Crippen LogP contribution in [-0.4, -0.2) is 22.5 Å². The van der Waals surface area contributed by atoms with E-state index in [2.05, 4.69) is 15.3 Å². The number of halogens is 1. The molecule has 0 amide bonds. The van der Waals surface area contributed by atoms with Crippen LogP contribution in [0.15, 0.2) is 24.5 Å². The van der Waals surface area contributed by atoms with Gasteiger partial charge in [-0.05, 0) is 43.0 Å². The Bertz CT molecular complexity index is 969. The van der Waals surface area contributed by atoms with E-state index in [1.807, 2.05) is 45.9 Å². The summed E-state index contributed by atoms with van der Waals surface area (Å²) in [6.07, 6.45) is 1.49. The largest absolute Gasteiger partial charge is 0.461 e. The third kappa shape index (κ3) is 3.81. The molecular formula is C19H20ClN3O2S. The molecule has 26 heavy (non-hydrogen) atoms. The molecule has 1 N–H and O–H groups in total. The number of aryl methyl sites for hydroxylation is 2. The summed E-state index contributed by atoms with van der Waals surface area (Å²) in [5.74, 6) is 0.623. The zero-order chi connectivity index (χ0) is 18.8. The lowest BCUT2D eigenvalue weighted by Crippen LogP contribution is -2.09. The number of hydrogen-bond donors (Lipinski definition) is 1. The van der Waals surface area contributed by atoms with Crippen LogP contribution < -0.4 is 5.32 Å². The van der Waals surface area contributed by atoms with Crippen LogP contribution in [0.2, 0.25) is 5.02 Å². The molecule has 0 aliphatic rings. The highest BCUT2D eigenvalue weighted by Gasteiger charge is 2.21. The van der Waals surface area contributed by atoms with E-state index in [0.717, 1.165) is 27.0 Å². The summed E-state index contributed by atoms with van der Waals surface area (Å²) in [6, 6.07) is 5.64. The monoisotopic (exact) mass is 389 g/mol. The van der Waals surface area contributed by atoms with Crippen LogP contribution in [0, 0.1) is 19.8 Å². The Balaban J connectivity index is 2.00. The molecule has 0 aliphatic heterocycles. The van der Waals surface area contributed by atoms with E-state index in [9.17, 15) is 4.79 Å². The minimum atomic E-state index is -0.316. The molecule has 5 nitrogen and oxygen atoms in total. The van der Waals surface area contributed by atoms with Gasteiger partial charge in [-0.15, -0.1) is 11.3 Å². The summed E-state index contributed by atoms with van der Waals surface area (Å²) >= 11 is 7.43. The number of esters is 1. The SMILES string of the molecule is Cc1ccc(Cl)cc1Nc1ncnc2sc(C(=O)OCC(C)C)c(C)c12. The molecule has 2 heterocycles. The zero-order valence-corrected chi connectivity index (χ0v) is 16.7. The quantitative estimate of drug-likeness (QED) is 0.582. The van der Waals surface area contributed by atoms with Crippen molar-refractivity contribution < 1.29 is 9.53 Å². The van der Waals surface area contributed by atoms with E-state index in [-0.39, 0.29) is 11.9 Å². The lowest BCUT2D eigenvalue weighted by Gasteiger charge is -2.10. The maximum atomic E-state index is 12.4. The molecule has 0 saturated carbocycles. The maximum Gasteiger partial charge on any atom is 0.348 e. The van der Waals surface area contributed by atoms with E-state index in [1.165, 1.54) is 17.7 Å². The number of nitrogens with zero attached hydrogens (tertiary/aromatic N) is 2. The highest BCUT2D eigenvalue weighted by molar-refractivity contribution is 7.20. The summed E-state index contributed by atoms with van der Waals surface area (Å²) in [5.41, 5.74) is 2.74. The van der Waals surface area contributed by atoms with Crippen molar-refractivity contribution in [2.24, 2.45) is 5.92 Å². The lowest BCUT2D eigenvalue weighted by atomic mass is 10.1. The minimum Gasteiger partial charge on any atom is -0.461 e. The van der Waals surface area contributed by atoms with Gasteiger partial charge in [0.2, 0.25) is 0 Å². The van der Waals surface area contributed by atoms with E-state index < -0.39 is 0 Å². The average molecular weight is 390 g/mol. The summed E-state index contributed by atoms with van der Waals surface area (Å²) in [4.78, 5) is 22.4. The average Bonchev–Trinajstić information content (AvgIpc) is 2.94. The molecule has 0 aliphatic carbocycles. The first-order chi connectivity index (χ1) is 12.4. The smallest absolute Gasteiger partial charge is 0.348 e. The van der Waals surface area contributed by atoms with Crippen LogP contribution in [0.25, 0.3) is 10.2 Å². The molecule has 0 fully saturated rings. The number of thiophene rings is 1. The number of hydrogen-bond acceptors (Lipinski definition) is 6. The number of nitrogens with one attached hydrogen (secondary N) is 1. The van der Waals surface area contributed by atoms with Gasteiger partial charge in [0.05, 0.1) is 12.0 Å². The van der Waals surface area contributed by atoms with Crippen LogP contribution in [-0.2, 0) is 4.74 Å². The second-order valence-corrected chi connectivity index (χ2v) is 7.97. The van der Waals surface area contributed by atoms with Crippen LogP contribution in [0.1, 0.15) is 34.6 Å². The molecule has 0 radical (unpaired) electrons. The van der Waals surface area contributed by atoms with Crippen LogP contribution >= 0.6 is 22.9 Å². The maximum absolute atomic E-state index is 12.4. The third-order valence-corrected chi connectivity index (χ3v) is 5.33. The van der Waals surface area contributed by atoms with Crippen LogP contribution in [0.4, 0.5) is 11.5 Å². The summed E-state index contributed by atoms with van der Waals surface area (Å²) in [6.45, 7) is 8.29. The van der Waals surface area contributed by atoms with Crippen molar-refractivity contribution >= 4 is 50.6 Å². The molecule has 136 valence electrons. The lowest BCUT2D eigenvalue weighted by molar-refractivity contribution is 0.0464. The number of aromatic nitrogens is 2. The van der Waals surface area contributed by atoms with Gasteiger partial charge in [0.15, 0.2) is 0 Å². The van der Waals surface area contributed by atoms with E-state index in [1.54, 1.807) is 0 Å². The molecule has 2 aromatic heterocycles. The molecule has 0 unspecified atom stereocenters. The number of benzene rings is 1. The predicted octanol–water partition coefficient (Wildman–Crippen LogP) is 5.52. The van der Waals surface area contributed by atoms with Crippen LogP contribution in [0.5, 0.6) is 0 Å². The molecule has 1 aromatic carbocycles. The fourth-order valence-corrected chi connectivity index (χ4v) is 3.74. The second kappa shape index (κ2) is 7.60. The highest BCUT2D eigenvalue weighted by atomic mass is 35.5. The Morgan fingerprint density at radius 2 is 2.08 bits per heavy atom. The van der Waals surface area contributed by atoms with Crippen molar-refractivity contribution in [3.8, 4) is 0 Å². The minimum absolute atomic E-state index is 0.288. The predicted molar refractivity (Wildman–Crippen MR) is 107 cm³/mol. The Hall–Kier alpha value is -2.18. The molecular weight excluding hydrogens is 370 g/mol. The standard InChI is InChI=1S/C19H20ClN3O2S/c1-10(2)8-25-19(24)16-12(4)15-17(21-9-22-18(15)26-16)23-14-7-13(20)6-5-11(14)3/h5-7,9-10H,8H2,1-4H3,(H,21,22,23). The van der Waals surface area contributed by atoms with Gasteiger partial charge >= 0.3 is 5.97 Å². The summed E-state index contributed by atoms with van der Waals surface area (Å²) in [7, 11) is 0. The normalized spacial score (nSPS) is 11.2. The Kier molecular flexibility index (Phi) is 5.44. The topological polar surface area (TPSA) is 64.1 Å². The fourth-order valence-electron chi connectivity index (χ4n) is 2.53. The molecule has 0 spiro atoms. The first-order valence-electron chi connectivity index (χ1n) is 8.31. The van der Waals surface area contributed by atoms with Crippen molar-refractivity contribution in [1.82, 2.24) is 9.97 Å². The van der Waals surface area contributed by atoms with Crippen molar-refractivity contribution in [2.75, 3.05) is 11.9 Å².